The van der Waals surface area contributed by atoms with E-state index in [4.69, 9.17) is 0 Å². The SMILES string of the molecule is O=C1[C@@H]2Cc3ccccc3CN2C(=O)[C@@H]2CCCCN12. The lowest BCUT2D eigenvalue weighted by molar-refractivity contribution is -0.165. The number of piperazine rings is 1. The van der Waals surface area contributed by atoms with Crippen LogP contribution in [0.3, 0.4) is 0 Å². The summed E-state index contributed by atoms with van der Waals surface area (Å²) in [6, 6.07) is 7.68. The Labute approximate surface area is 118 Å². The van der Waals surface area contributed by atoms with Crippen LogP contribution in [0.2, 0.25) is 0 Å². The van der Waals surface area contributed by atoms with Gasteiger partial charge in [-0.3, -0.25) is 9.59 Å². The van der Waals surface area contributed by atoms with Crippen molar-refractivity contribution in [2.75, 3.05) is 6.54 Å². The maximum absolute atomic E-state index is 12.7. The molecule has 20 heavy (non-hydrogen) atoms. The van der Waals surface area contributed by atoms with E-state index in [0.29, 0.717) is 13.0 Å². The molecule has 3 aliphatic rings. The molecule has 2 fully saturated rings. The van der Waals surface area contributed by atoms with Gasteiger partial charge in [0.15, 0.2) is 0 Å². The minimum absolute atomic E-state index is 0.156. The fourth-order valence-electron chi connectivity index (χ4n) is 3.81. The van der Waals surface area contributed by atoms with Gasteiger partial charge in [0.25, 0.3) is 0 Å². The second-order valence-corrected chi connectivity index (χ2v) is 6.00. The Morgan fingerprint density at radius 3 is 2.50 bits per heavy atom. The predicted octanol–water partition coefficient (Wildman–Crippen LogP) is 1.33. The highest BCUT2D eigenvalue weighted by Gasteiger charge is 2.47. The highest BCUT2D eigenvalue weighted by atomic mass is 16.2. The van der Waals surface area contributed by atoms with Gasteiger partial charge in [0.2, 0.25) is 11.8 Å². The van der Waals surface area contributed by atoms with E-state index in [2.05, 4.69) is 12.1 Å². The number of piperidine rings is 1. The Bertz CT molecular complexity index is 533. The van der Waals surface area contributed by atoms with E-state index in [0.717, 1.165) is 25.8 Å². The van der Waals surface area contributed by atoms with Crippen LogP contribution >= 0.6 is 0 Å². The lowest BCUT2D eigenvalue weighted by Crippen LogP contribution is -2.66. The van der Waals surface area contributed by atoms with Gasteiger partial charge in [-0.15, -0.1) is 0 Å². The molecule has 0 aromatic heterocycles. The first-order valence-corrected chi connectivity index (χ1v) is 7.43. The first-order valence-electron chi connectivity index (χ1n) is 7.43. The topological polar surface area (TPSA) is 40.6 Å². The maximum Gasteiger partial charge on any atom is 0.246 e. The van der Waals surface area contributed by atoms with E-state index in [-0.39, 0.29) is 23.9 Å². The van der Waals surface area contributed by atoms with Crippen LogP contribution in [0.1, 0.15) is 30.4 Å². The summed E-state index contributed by atoms with van der Waals surface area (Å²) < 4.78 is 0. The summed E-state index contributed by atoms with van der Waals surface area (Å²) in [4.78, 5) is 29.0. The Kier molecular flexibility index (Phi) is 2.59. The monoisotopic (exact) mass is 270 g/mol. The zero-order valence-corrected chi connectivity index (χ0v) is 11.4. The summed E-state index contributed by atoms with van der Waals surface area (Å²) in [5.74, 6) is 0.313. The van der Waals surface area contributed by atoms with Gasteiger partial charge in [-0.1, -0.05) is 24.3 Å². The van der Waals surface area contributed by atoms with E-state index in [9.17, 15) is 9.59 Å². The second kappa shape index (κ2) is 4.33. The molecule has 2 amide bonds. The highest BCUT2D eigenvalue weighted by Crippen LogP contribution is 2.32. The number of hydrogen-bond acceptors (Lipinski definition) is 2. The number of fused-ring (bicyclic) bond motifs is 3. The molecule has 4 nitrogen and oxygen atoms in total. The molecule has 0 saturated carbocycles. The second-order valence-electron chi connectivity index (χ2n) is 6.00. The van der Waals surface area contributed by atoms with Gasteiger partial charge in [0.1, 0.15) is 12.1 Å². The van der Waals surface area contributed by atoms with Gasteiger partial charge >= 0.3 is 0 Å². The summed E-state index contributed by atoms with van der Waals surface area (Å²) >= 11 is 0. The Morgan fingerprint density at radius 2 is 1.65 bits per heavy atom. The first-order chi connectivity index (χ1) is 9.75. The van der Waals surface area contributed by atoms with Crippen LogP contribution in [-0.2, 0) is 22.6 Å². The summed E-state index contributed by atoms with van der Waals surface area (Å²) in [5, 5.41) is 0. The quantitative estimate of drug-likeness (QED) is 0.713. The molecule has 3 heterocycles. The molecule has 2 atom stereocenters. The molecule has 0 spiro atoms. The number of hydrogen-bond donors (Lipinski definition) is 0. The van der Waals surface area contributed by atoms with Gasteiger partial charge in [0.05, 0.1) is 0 Å². The molecule has 0 aliphatic carbocycles. The van der Waals surface area contributed by atoms with Gasteiger partial charge < -0.3 is 9.80 Å². The summed E-state index contributed by atoms with van der Waals surface area (Å²) in [6.07, 6.45) is 3.58. The molecular weight excluding hydrogens is 252 g/mol. The molecule has 0 bridgehead atoms. The van der Waals surface area contributed by atoms with Gasteiger partial charge in [-0.05, 0) is 30.4 Å². The third-order valence-corrected chi connectivity index (χ3v) is 4.89. The lowest BCUT2D eigenvalue weighted by atomic mass is 9.87. The largest absolute Gasteiger partial charge is 0.329 e. The van der Waals surface area contributed by atoms with Crippen molar-refractivity contribution in [3.05, 3.63) is 35.4 Å². The minimum atomic E-state index is -0.272. The smallest absolute Gasteiger partial charge is 0.246 e. The molecule has 1 aromatic carbocycles. The number of amides is 2. The highest BCUT2D eigenvalue weighted by molar-refractivity contribution is 5.97. The molecule has 0 radical (unpaired) electrons. The Hall–Kier alpha value is -1.84. The van der Waals surface area contributed by atoms with Crippen molar-refractivity contribution in [1.29, 1.82) is 0 Å². The van der Waals surface area contributed by atoms with Gasteiger partial charge in [-0.2, -0.15) is 0 Å². The van der Waals surface area contributed by atoms with Crippen molar-refractivity contribution < 1.29 is 9.59 Å². The number of nitrogens with zero attached hydrogens (tertiary/aromatic N) is 2. The van der Waals surface area contributed by atoms with E-state index >= 15 is 0 Å². The van der Waals surface area contributed by atoms with E-state index in [1.165, 1.54) is 11.1 Å². The standard InChI is InChI=1S/C16H18N2O2/c19-15-13-7-3-4-8-17(13)16(20)14-9-11-5-1-2-6-12(11)10-18(14)15/h1-2,5-6,13-14H,3-4,7-10H2/t13-,14-/m0/s1. The van der Waals surface area contributed by atoms with Crippen LogP contribution in [0.5, 0.6) is 0 Å². The molecule has 0 unspecified atom stereocenters. The summed E-state index contributed by atoms with van der Waals surface area (Å²) in [5.41, 5.74) is 2.40. The van der Waals surface area contributed by atoms with E-state index in [1.807, 2.05) is 21.9 Å². The van der Waals surface area contributed by atoms with Crippen molar-refractivity contribution >= 4 is 11.8 Å². The van der Waals surface area contributed by atoms with Crippen LogP contribution in [0.4, 0.5) is 0 Å². The Balaban J connectivity index is 1.72. The fourth-order valence-corrected chi connectivity index (χ4v) is 3.81. The summed E-state index contributed by atoms with van der Waals surface area (Å²) in [6.45, 7) is 1.34. The third-order valence-electron chi connectivity index (χ3n) is 4.89. The lowest BCUT2D eigenvalue weighted by Gasteiger charge is -2.48. The predicted molar refractivity (Wildman–Crippen MR) is 73.8 cm³/mol. The third kappa shape index (κ3) is 1.60. The fraction of sp³-hybridized carbons (Fsp3) is 0.500. The normalized spacial score (nSPS) is 28.8. The summed E-state index contributed by atoms with van der Waals surface area (Å²) in [7, 11) is 0. The molecular formula is C16H18N2O2. The minimum Gasteiger partial charge on any atom is -0.329 e. The molecule has 104 valence electrons. The zero-order valence-electron chi connectivity index (χ0n) is 11.4. The van der Waals surface area contributed by atoms with E-state index < -0.39 is 0 Å². The zero-order chi connectivity index (χ0) is 13.7. The number of carbonyl (C=O) groups excluding carboxylic acids is 2. The van der Waals surface area contributed by atoms with Crippen LogP contribution in [-0.4, -0.2) is 40.2 Å². The molecule has 3 aliphatic heterocycles. The van der Waals surface area contributed by atoms with Crippen LogP contribution in [0, 0.1) is 0 Å². The van der Waals surface area contributed by atoms with Crippen molar-refractivity contribution in [2.24, 2.45) is 0 Å². The number of rotatable bonds is 0. The number of benzene rings is 1. The van der Waals surface area contributed by atoms with Crippen molar-refractivity contribution in [2.45, 2.75) is 44.3 Å². The van der Waals surface area contributed by atoms with Crippen molar-refractivity contribution in [3.63, 3.8) is 0 Å². The average Bonchev–Trinajstić information content (AvgIpc) is 2.51. The molecule has 4 rings (SSSR count). The maximum atomic E-state index is 12.7. The Morgan fingerprint density at radius 1 is 0.900 bits per heavy atom. The average molecular weight is 270 g/mol. The molecule has 4 heteroatoms. The van der Waals surface area contributed by atoms with Crippen molar-refractivity contribution in [1.82, 2.24) is 9.80 Å². The van der Waals surface area contributed by atoms with E-state index in [1.54, 1.807) is 0 Å². The van der Waals surface area contributed by atoms with Crippen molar-refractivity contribution in [3.8, 4) is 0 Å². The van der Waals surface area contributed by atoms with Crippen LogP contribution < -0.4 is 0 Å². The van der Waals surface area contributed by atoms with Crippen LogP contribution in [0.25, 0.3) is 0 Å². The molecule has 1 aromatic rings. The molecule has 0 N–H and O–H groups in total. The first kappa shape index (κ1) is 11.9. The number of carbonyl (C=O) groups is 2. The molecule has 2 saturated heterocycles. The van der Waals surface area contributed by atoms with Gasteiger partial charge in [0, 0.05) is 19.5 Å². The van der Waals surface area contributed by atoms with Crippen LogP contribution in [0.15, 0.2) is 24.3 Å². The van der Waals surface area contributed by atoms with Gasteiger partial charge in [-0.25, -0.2) is 0 Å².